The third-order valence-electron chi connectivity index (χ3n) is 6.55. The average Bonchev–Trinajstić information content (AvgIpc) is 3.53. The molecule has 0 spiro atoms. The van der Waals surface area contributed by atoms with Crippen molar-refractivity contribution in [1.82, 2.24) is 4.98 Å². The summed E-state index contributed by atoms with van der Waals surface area (Å²) in [6.07, 6.45) is 0.918. The van der Waals surface area contributed by atoms with Gasteiger partial charge in [-0.3, -0.25) is 0 Å². The van der Waals surface area contributed by atoms with Gasteiger partial charge >= 0.3 is 0 Å². The van der Waals surface area contributed by atoms with Gasteiger partial charge in [-0.15, -0.1) is 11.3 Å². The van der Waals surface area contributed by atoms with Crippen LogP contribution in [0.5, 0.6) is 17.2 Å². The van der Waals surface area contributed by atoms with Crippen molar-refractivity contribution in [2.45, 2.75) is 25.0 Å². The van der Waals surface area contributed by atoms with Gasteiger partial charge in [0.25, 0.3) is 0 Å². The molecule has 1 saturated heterocycles. The number of hydrogen-bond acceptors (Lipinski definition) is 7. The van der Waals surface area contributed by atoms with E-state index in [1.807, 2.05) is 36.4 Å². The average molecular weight is 437 g/mol. The lowest BCUT2D eigenvalue weighted by atomic mass is 9.78. The summed E-state index contributed by atoms with van der Waals surface area (Å²) < 4.78 is 17.0. The van der Waals surface area contributed by atoms with Crippen LogP contribution in [-0.4, -0.2) is 42.2 Å². The monoisotopic (exact) mass is 436 g/mol. The van der Waals surface area contributed by atoms with E-state index in [4.69, 9.17) is 19.2 Å². The van der Waals surface area contributed by atoms with E-state index < -0.39 is 6.10 Å². The summed E-state index contributed by atoms with van der Waals surface area (Å²) in [5.74, 6) is 3.11. The SMILES string of the molecule is O[C@@H]1C[C@H]2CN(c3nc(-c4ccccc4)cs3)C[C@H]2C[C@H]1Oc1ccc2c(c1)OCO2. The Bertz CT molecular complexity index is 1070. The molecular weight excluding hydrogens is 412 g/mol. The summed E-state index contributed by atoms with van der Waals surface area (Å²) in [6.45, 7) is 2.15. The quantitative estimate of drug-likeness (QED) is 0.662. The van der Waals surface area contributed by atoms with Crippen LogP contribution in [0.2, 0.25) is 0 Å². The minimum absolute atomic E-state index is 0.210. The first-order chi connectivity index (χ1) is 15.2. The number of anilines is 1. The molecule has 2 aliphatic heterocycles. The van der Waals surface area contributed by atoms with Gasteiger partial charge < -0.3 is 24.2 Å². The van der Waals surface area contributed by atoms with Gasteiger partial charge in [-0.2, -0.15) is 0 Å². The predicted molar refractivity (Wildman–Crippen MR) is 119 cm³/mol. The molecule has 2 aromatic carbocycles. The first-order valence-corrected chi connectivity index (χ1v) is 11.6. The van der Waals surface area contributed by atoms with E-state index in [1.54, 1.807) is 11.3 Å². The molecule has 3 aromatic rings. The van der Waals surface area contributed by atoms with E-state index in [1.165, 1.54) is 0 Å². The molecule has 1 aromatic heterocycles. The van der Waals surface area contributed by atoms with Crippen LogP contribution in [-0.2, 0) is 0 Å². The second-order valence-electron chi connectivity index (χ2n) is 8.52. The number of aliphatic hydroxyl groups excluding tert-OH is 1. The lowest BCUT2D eigenvalue weighted by Gasteiger charge is -2.35. The highest BCUT2D eigenvalue weighted by Gasteiger charge is 2.43. The van der Waals surface area contributed by atoms with Gasteiger partial charge in [-0.05, 0) is 36.8 Å². The second kappa shape index (κ2) is 7.73. The Hall–Kier alpha value is -2.77. The summed E-state index contributed by atoms with van der Waals surface area (Å²) in [5.41, 5.74) is 2.17. The molecule has 0 bridgehead atoms. The standard InChI is InChI=1S/C24H24N2O4S/c27-20-8-16-11-26(24-25-19(13-31-24)15-4-2-1-3-5-15)12-17(16)9-22(20)30-18-6-7-21-23(10-18)29-14-28-21/h1-7,10,13,16-17,20,22,27H,8-9,11-12,14H2/t16-,17+,20+,22+/m0/s1. The van der Waals surface area contributed by atoms with Crippen molar-refractivity contribution in [1.29, 1.82) is 0 Å². The maximum atomic E-state index is 10.8. The van der Waals surface area contributed by atoms with E-state index in [-0.39, 0.29) is 12.9 Å². The van der Waals surface area contributed by atoms with Gasteiger partial charge in [0.15, 0.2) is 16.6 Å². The fourth-order valence-electron chi connectivity index (χ4n) is 4.95. The number of nitrogens with zero attached hydrogens (tertiary/aromatic N) is 2. The summed E-state index contributed by atoms with van der Waals surface area (Å²) in [4.78, 5) is 7.26. The molecular formula is C24H24N2O4S. The molecule has 1 N–H and O–H groups in total. The van der Waals surface area contributed by atoms with Crippen LogP contribution < -0.4 is 19.1 Å². The zero-order valence-electron chi connectivity index (χ0n) is 17.0. The van der Waals surface area contributed by atoms with Crippen molar-refractivity contribution in [3.05, 3.63) is 53.9 Å². The molecule has 0 amide bonds. The largest absolute Gasteiger partial charge is 0.488 e. The normalized spacial score (nSPS) is 26.7. The summed E-state index contributed by atoms with van der Waals surface area (Å²) in [6, 6.07) is 15.9. The molecule has 160 valence electrons. The molecule has 1 saturated carbocycles. The smallest absolute Gasteiger partial charge is 0.231 e. The zero-order chi connectivity index (χ0) is 20.8. The first kappa shape index (κ1) is 19.0. The molecule has 4 atom stereocenters. The number of thiazole rings is 1. The maximum absolute atomic E-state index is 10.8. The molecule has 31 heavy (non-hydrogen) atoms. The number of aliphatic hydroxyl groups is 1. The number of aromatic nitrogens is 1. The predicted octanol–water partition coefficient (Wildman–Crippen LogP) is 4.19. The van der Waals surface area contributed by atoms with Gasteiger partial charge in [0.1, 0.15) is 11.9 Å². The van der Waals surface area contributed by atoms with Gasteiger partial charge in [0, 0.05) is 30.1 Å². The topological polar surface area (TPSA) is 64.1 Å². The van der Waals surface area contributed by atoms with Crippen molar-refractivity contribution in [2.75, 3.05) is 24.8 Å². The van der Waals surface area contributed by atoms with E-state index in [0.717, 1.165) is 48.1 Å². The third-order valence-corrected chi connectivity index (χ3v) is 7.45. The number of hydrogen-bond donors (Lipinski definition) is 1. The maximum Gasteiger partial charge on any atom is 0.231 e. The lowest BCUT2D eigenvalue weighted by molar-refractivity contribution is -0.0232. The summed E-state index contributed by atoms with van der Waals surface area (Å²) in [5, 5.41) is 14.0. The minimum Gasteiger partial charge on any atom is -0.488 e. The Labute approximate surface area is 185 Å². The molecule has 0 radical (unpaired) electrons. The van der Waals surface area contributed by atoms with Crippen LogP contribution in [0.15, 0.2) is 53.9 Å². The molecule has 3 heterocycles. The molecule has 0 unspecified atom stereocenters. The molecule has 7 heteroatoms. The van der Waals surface area contributed by atoms with E-state index in [0.29, 0.717) is 23.3 Å². The highest BCUT2D eigenvalue weighted by atomic mass is 32.1. The van der Waals surface area contributed by atoms with Crippen LogP contribution >= 0.6 is 11.3 Å². The van der Waals surface area contributed by atoms with E-state index >= 15 is 0 Å². The Kier molecular flexibility index (Phi) is 4.73. The second-order valence-corrected chi connectivity index (χ2v) is 9.35. The highest BCUT2D eigenvalue weighted by molar-refractivity contribution is 7.14. The summed E-state index contributed by atoms with van der Waals surface area (Å²) in [7, 11) is 0. The van der Waals surface area contributed by atoms with Crippen molar-refractivity contribution >= 4 is 16.5 Å². The van der Waals surface area contributed by atoms with Gasteiger partial charge in [-0.1, -0.05) is 30.3 Å². The molecule has 1 aliphatic carbocycles. The molecule has 2 fully saturated rings. The lowest BCUT2D eigenvalue weighted by Crippen LogP contribution is -2.42. The van der Waals surface area contributed by atoms with E-state index in [9.17, 15) is 5.11 Å². The first-order valence-electron chi connectivity index (χ1n) is 10.7. The fourth-order valence-corrected chi connectivity index (χ4v) is 5.80. The van der Waals surface area contributed by atoms with Crippen molar-refractivity contribution in [3.8, 4) is 28.5 Å². The van der Waals surface area contributed by atoms with Crippen LogP contribution in [0, 0.1) is 11.8 Å². The third kappa shape index (κ3) is 3.62. The van der Waals surface area contributed by atoms with Crippen LogP contribution in [0.1, 0.15) is 12.8 Å². The Balaban J connectivity index is 1.14. The number of benzene rings is 2. The Morgan fingerprint density at radius 2 is 1.81 bits per heavy atom. The molecule has 3 aliphatic rings. The Morgan fingerprint density at radius 3 is 2.68 bits per heavy atom. The molecule has 6 nitrogen and oxygen atoms in total. The van der Waals surface area contributed by atoms with Crippen molar-refractivity contribution in [2.24, 2.45) is 11.8 Å². The Morgan fingerprint density at radius 1 is 1.00 bits per heavy atom. The molecule has 6 rings (SSSR count). The number of rotatable bonds is 4. The van der Waals surface area contributed by atoms with Crippen LogP contribution in [0.25, 0.3) is 11.3 Å². The van der Waals surface area contributed by atoms with E-state index in [2.05, 4.69) is 22.4 Å². The number of ether oxygens (including phenoxy) is 3. The summed E-state index contributed by atoms with van der Waals surface area (Å²) >= 11 is 1.70. The van der Waals surface area contributed by atoms with Crippen molar-refractivity contribution in [3.63, 3.8) is 0 Å². The minimum atomic E-state index is -0.470. The van der Waals surface area contributed by atoms with Crippen LogP contribution in [0.3, 0.4) is 0 Å². The highest BCUT2D eigenvalue weighted by Crippen LogP contribution is 2.42. The zero-order valence-corrected chi connectivity index (χ0v) is 17.8. The van der Waals surface area contributed by atoms with Crippen LogP contribution in [0.4, 0.5) is 5.13 Å². The fraction of sp³-hybridized carbons (Fsp3) is 0.375. The van der Waals surface area contributed by atoms with Gasteiger partial charge in [-0.25, -0.2) is 4.98 Å². The number of fused-ring (bicyclic) bond motifs is 2. The van der Waals surface area contributed by atoms with Crippen molar-refractivity contribution < 1.29 is 19.3 Å². The van der Waals surface area contributed by atoms with Gasteiger partial charge in [0.05, 0.1) is 11.8 Å². The van der Waals surface area contributed by atoms with Gasteiger partial charge in [0.2, 0.25) is 6.79 Å².